The lowest BCUT2D eigenvalue weighted by Gasteiger charge is -2.31. The van der Waals surface area contributed by atoms with Gasteiger partial charge in [0.1, 0.15) is 5.69 Å². The van der Waals surface area contributed by atoms with Gasteiger partial charge in [-0.05, 0) is 31.9 Å². The molecule has 2 N–H and O–H groups in total. The van der Waals surface area contributed by atoms with Crippen molar-refractivity contribution < 1.29 is 4.79 Å². The molecule has 0 aromatic carbocycles. The summed E-state index contributed by atoms with van der Waals surface area (Å²) in [5.41, 5.74) is 1.36. The van der Waals surface area contributed by atoms with Gasteiger partial charge in [0.05, 0.1) is 12.6 Å². The van der Waals surface area contributed by atoms with Crippen molar-refractivity contribution in [3.05, 3.63) is 24.0 Å². The van der Waals surface area contributed by atoms with E-state index in [1.54, 1.807) is 12.3 Å². The van der Waals surface area contributed by atoms with Crippen LogP contribution < -0.4 is 10.6 Å². The van der Waals surface area contributed by atoms with Gasteiger partial charge in [-0.3, -0.25) is 14.7 Å². The Bertz CT molecular complexity index is 517. The molecule has 0 saturated carbocycles. The minimum atomic E-state index is -0.148. The monoisotopic (exact) mass is 287 g/mol. The molecule has 1 aromatic heterocycles. The minimum absolute atomic E-state index is 0.148. The number of nitrogens with one attached hydrogen (secondary N) is 2. The molecule has 1 aromatic rings. The highest BCUT2D eigenvalue weighted by Gasteiger charge is 2.19. The average molecular weight is 287 g/mol. The van der Waals surface area contributed by atoms with E-state index in [0.29, 0.717) is 24.8 Å². The molecule has 2 heterocycles. The molecule has 0 bridgehead atoms. The molecule has 1 aliphatic rings. The minimum Gasteiger partial charge on any atom is -0.382 e. The number of carbonyl (C=O) groups is 1. The Morgan fingerprint density at radius 1 is 1.52 bits per heavy atom. The van der Waals surface area contributed by atoms with E-state index in [-0.39, 0.29) is 5.91 Å². The summed E-state index contributed by atoms with van der Waals surface area (Å²) >= 11 is 0. The molecule has 1 aliphatic heterocycles. The number of nitriles is 1. The third-order valence-corrected chi connectivity index (χ3v) is 3.58. The first-order chi connectivity index (χ1) is 10.2. The third kappa shape index (κ3) is 4.43. The number of anilines is 1. The molecule has 1 amide bonds. The molecule has 2 rings (SSSR count). The lowest BCUT2D eigenvalue weighted by atomic mass is 10.0. The number of likely N-dealkylation sites (tertiary alicyclic amines) is 1. The fourth-order valence-electron chi connectivity index (χ4n) is 2.47. The number of amides is 1. The molecule has 0 aliphatic carbocycles. The summed E-state index contributed by atoms with van der Waals surface area (Å²) in [6.07, 6.45) is 3.65. The van der Waals surface area contributed by atoms with E-state index in [2.05, 4.69) is 26.6 Å². The lowest BCUT2D eigenvalue weighted by molar-refractivity contribution is 0.0951. The SMILES string of the molecule is CCNC(=O)c1cc(NC2CCN(CC#N)CC2)ccn1. The molecular formula is C15H21N5O. The zero-order valence-electron chi connectivity index (χ0n) is 12.3. The number of piperidine rings is 1. The van der Waals surface area contributed by atoms with Gasteiger partial charge in [-0.15, -0.1) is 0 Å². The Labute approximate surface area is 125 Å². The number of rotatable bonds is 5. The summed E-state index contributed by atoms with van der Waals surface area (Å²) in [5.74, 6) is -0.148. The number of aromatic nitrogens is 1. The van der Waals surface area contributed by atoms with Gasteiger partial charge in [0.25, 0.3) is 5.91 Å². The highest BCUT2D eigenvalue weighted by Crippen LogP contribution is 2.16. The smallest absolute Gasteiger partial charge is 0.269 e. The van der Waals surface area contributed by atoms with Crippen LogP contribution in [0.25, 0.3) is 0 Å². The number of pyridine rings is 1. The Balaban J connectivity index is 1.90. The second-order valence-electron chi connectivity index (χ2n) is 5.14. The van der Waals surface area contributed by atoms with Crippen LogP contribution in [0.3, 0.4) is 0 Å². The van der Waals surface area contributed by atoms with Gasteiger partial charge in [-0.25, -0.2) is 0 Å². The molecule has 1 saturated heterocycles. The fourth-order valence-corrected chi connectivity index (χ4v) is 2.47. The second kappa shape index (κ2) is 7.60. The topological polar surface area (TPSA) is 81.0 Å². The van der Waals surface area contributed by atoms with Crippen molar-refractivity contribution in [2.24, 2.45) is 0 Å². The maximum absolute atomic E-state index is 11.8. The highest BCUT2D eigenvalue weighted by atomic mass is 16.1. The predicted molar refractivity (Wildman–Crippen MR) is 80.9 cm³/mol. The van der Waals surface area contributed by atoms with Crippen LogP contribution in [0.1, 0.15) is 30.3 Å². The Hall–Kier alpha value is -2.13. The zero-order chi connectivity index (χ0) is 15.1. The molecule has 0 unspecified atom stereocenters. The van der Waals surface area contributed by atoms with E-state index in [9.17, 15) is 4.79 Å². The largest absolute Gasteiger partial charge is 0.382 e. The number of hydrogen-bond donors (Lipinski definition) is 2. The molecule has 0 atom stereocenters. The van der Waals surface area contributed by atoms with Gasteiger partial charge in [0, 0.05) is 37.6 Å². The van der Waals surface area contributed by atoms with Gasteiger partial charge in [0.15, 0.2) is 0 Å². The van der Waals surface area contributed by atoms with Crippen molar-refractivity contribution >= 4 is 11.6 Å². The van der Waals surface area contributed by atoms with Crippen LogP contribution in [0.4, 0.5) is 5.69 Å². The highest BCUT2D eigenvalue weighted by molar-refractivity contribution is 5.93. The van der Waals surface area contributed by atoms with E-state index < -0.39 is 0 Å². The van der Waals surface area contributed by atoms with Gasteiger partial charge in [-0.1, -0.05) is 0 Å². The summed E-state index contributed by atoms with van der Waals surface area (Å²) in [4.78, 5) is 18.0. The lowest BCUT2D eigenvalue weighted by Crippen LogP contribution is -2.39. The predicted octanol–water partition coefficient (Wildman–Crippen LogP) is 1.23. The molecule has 1 fully saturated rings. The number of carbonyl (C=O) groups excluding carboxylic acids is 1. The quantitative estimate of drug-likeness (QED) is 0.796. The summed E-state index contributed by atoms with van der Waals surface area (Å²) in [7, 11) is 0. The standard InChI is InChI=1S/C15H21N5O/c1-2-17-15(21)14-11-13(3-7-18-14)19-12-4-8-20(9-5-12)10-6-16/h3,7,11-12H,2,4-5,8-10H2,1H3,(H,17,21)(H,18,19). The van der Waals surface area contributed by atoms with Crippen molar-refractivity contribution in [3.63, 3.8) is 0 Å². The van der Waals surface area contributed by atoms with Crippen LogP contribution in [0.15, 0.2) is 18.3 Å². The van der Waals surface area contributed by atoms with Crippen LogP contribution in [-0.4, -0.2) is 48.0 Å². The molecule has 0 spiro atoms. The average Bonchev–Trinajstić information content (AvgIpc) is 2.50. The summed E-state index contributed by atoms with van der Waals surface area (Å²) in [6.45, 7) is 4.84. The van der Waals surface area contributed by atoms with Crippen molar-refractivity contribution in [3.8, 4) is 6.07 Å². The van der Waals surface area contributed by atoms with Crippen molar-refractivity contribution in [1.82, 2.24) is 15.2 Å². The van der Waals surface area contributed by atoms with E-state index in [4.69, 9.17) is 5.26 Å². The van der Waals surface area contributed by atoms with E-state index >= 15 is 0 Å². The summed E-state index contributed by atoms with van der Waals surface area (Å²) in [5, 5.41) is 14.9. The zero-order valence-corrected chi connectivity index (χ0v) is 12.3. The fraction of sp³-hybridized carbons (Fsp3) is 0.533. The summed E-state index contributed by atoms with van der Waals surface area (Å²) in [6, 6.07) is 6.23. The van der Waals surface area contributed by atoms with E-state index in [0.717, 1.165) is 31.6 Å². The van der Waals surface area contributed by atoms with E-state index in [1.165, 1.54) is 0 Å². The maximum Gasteiger partial charge on any atom is 0.269 e. The molecule has 0 radical (unpaired) electrons. The third-order valence-electron chi connectivity index (χ3n) is 3.58. The van der Waals surface area contributed by atoms with Gasteiger partial charge in [-0.2, -0.15) is 5.26 Å². The van der Waals surface area contributed by atoms with Crippen LogP contribution in [-0.2, 0) is 0 Å². The van der Waals surface area contributed by atoms with Crippen molar-refractivity contribution in [2.75, 3.05) is 31.5 Å². The van der Waals surface area contributed by atoms with Crippen molar-refractivity contribution in [2.45, 2.75) is 25.8 Å². The first-order valence-electron chi connectivity index (χ1n) is 7.33. The molecule has 6 nitrogen and oxygen atoms in total. The normalized spacial score (nSPS) is 16.2. The molecule has 21 heavy (non-hydrogen) atoms. The Kier molecular flexibility index (Phi) is 5.52. The number of hydrogen-bond acceptors (Lipinski definition) is 5. The Morgan fingerprint density at radius 3 is 2.95 bits per heavy atom. The van der Waals surface area contributed by atoms with Crippen LogP contribution >= 0.6 is 0 Å². The first kappa shape index (κ1) is 15.3. The molecule has 112 valence electrons. The van der Waals surface area contributed by atoms with Gasteiger partial charge in [0.2, 0.25) is 0 Å². The van der Waals surface area contributed by atoms with Crippen LogP contribution in [0.2, 0.25) is 0 Å². The van der Waals surface area contributed by atoms with Gasteiger partial charge < -0.3 is 10.6 Å². The first-order valence-corrected chi connectivity index (χ1v) is 7.33. The molecule has 6 heteroatoms. The van der Waals surface area contributed by atoms with Gasteiger partial charge >= 0.3 is 0 Å². The molecular weight excluding hydrogens is 266 g/mol. The second-order valence-corrected chi connectivity index (χ2v) is 5.14. The Morgan fingerprint density at radius 2 is 2.29 bits per heavy atom. The number of nitrogens with zero attached hydrogens (tertiary/aromatic N) is 3. The van der Waals surface area contributed by atoms with Crippen molar-refractivity contribution in [1.29, 1.82) is 5.26 Å². The van der Waals surface area contributed by atoms with Crippen LogP contribution in [0, 0.1) is 11.3 Å². The maximum atomic E-state index is 11.8. The summed E-state index contributed by atoms with van der Waals surface area (Å²) < 4.78 is 0. The van der Waals surface area contributed by atoms with Crippen LogP contribution in [0.5, 0.6) is 0 Å². The van der Waals surface area contributed by atoms with E-state index in [1.807, 2.05) is 13.0 Å².